The van der Waals surface area contributed by atoms with Crippen LogP contribution < -0.4 is 22.1 Å². The van der Waals surface area contributed by atoms with Crippen molar-refractivity contribution >= 4 is 29.6 Å². The van der Waals surface area contributed by atoms with E-state index in [1.165, 1.54) is 11.8 Å². The van der Waals surface area contributed by atoms with Gasteiger partial charge in [0.15, 0.2) is 0 Å². The van der Waals surface area contributed by atoms with Crippen LogP contribution in [0.4, 0.5) is 0 Å². The van der Waals surface area contributed by atoms with Crippen molar-refractivity contribution in [2.24, 2.45) is 11.5 Å². The molecule has 1 aliphatic rings. The zero-order chi connectivity index (χ0) is 26.1. The maximum absolute atomic E-state index is 13.0. The Morgan fingerprint density at radius 1 is 1.14 bits per heavy atom. The molecule has 0 radical (unpaired) electrons. The third-order valence-corrected chi connectivity index (χ3v) is 5.81. The Balaban J connectivity index is 2.04. The van der Waals surface area contributed by atoms with Gasteiger partial charge in [0.2, 0.25) is 23.6 Å². The molecule has 2 rings (SSSR count). The molecule has 5 unspecified atom stereocenters. The summed E-state index contributed by atoms with van der Waals surface area (Å²) < 4.78 is 0. The zero-order valence-corrected chi connectivity index (χ0v) is 19.6. The summed E-state index contributed by atoms with van der Waals surface area (Å²) >= 11 is 0. The van der Waals surface area contributed by atoms with Gasteiger partial charge in [0.25, 0.3) is 0 Å². The fourth-order valence-electron chi connectivity index (χ4n) is 3.93. The van der Waals surface area contributed by atoms with Gasteiger partial charge >= 0.3 is 5.97 Å². The van der Waals surface area contributed by atoms with Crippen molar-refractivity contribution in [3.63, 3.8) is 0 Å². The van der Waals surface area contributed by atoms with E-state index in [4.69, 9.17) is 11.5 Å². The summed E-state index contributed by atoms with van der Waals surface area (Å²) in [7, 11) is 0. The second kappa shape index (κ2) is 12.8. The normalized spacial score (nSPS) is 18.7. The molecule has 8 N–H and O–H groups in total. The van der Waals surface area contributed by atoms with Crippen molar-refractivity contribution < 1.29 is 34.2 Å². The van der Waals surface area contributed by atoms with E-state index < -0.39 is 59.9 Å². The number of carbonyl (C=O) groups is 5. The molecule has 1 aliphatic heterocycles. The third kappa shape index (κ3) is 8.04. The van der Waals surface area contributed by atoms with Gasteiger partial charge in [-0.05, 0) is 38.2 Å². The number of hydrogen-bond acceptors (Lipinski definition) is 7. The molecule has 4 amide bonds. The first-order chi connectivity index (χ1) is 16.5. The number of aliphatic hydroxyl groups excluding tert-OH is 1. The van der Waals surface area contributed by atoms with Crippen LogP contribution in [-0.4, -0.2) is 81.5 Å². The van der Waals surface area contributed by atoms with Crippen molar-refractivity contribution in [1.29, 1.82) is 0 Å². The minimum absolute atomic E-state index is 0.249. The second-order valence-electron chi connectivity index (χ2n) is 8.62. The van der Waals surface area contributed by atoms with Crippen LogP contribution in [0.1, 0.15) is 38.2 Å². The first-order valence-electron chi connectivity index (χ1n) is 11.4. The lowest BCUT2D eigenvalue weighted by Crippen LogP contribution is -2.59. The van der Waals surface area contributed by atoms with Crippen LogP contribution in [-0.2, 0) is 30.4 Å². The van der Waals surface area contributed by atoms with Gasteiger partial charge < -0.3 is 37.2 Å². The average Bonchev–Trinajstić information content (AvgIpc) is 3.29. The molecule has 1 aromatic carbocycles. The summed E-state index contributed by atoms with van der Waals surface area (Å²) in [5, 5.41) is 24.0. The quantitative estimate of drug-likeness (QED) is 0.197. The number of likely N-dealkylation sites (tertiary alicyclic amines) is 1. The predicted molar refractivity (Wildman–Crippen MR) is 124 cm³/mol. The first kappa shape index (κ1) is 27.7. The number of benzene rings is 1. The summed E-state index contributed by atoms with van der Waals surface area (Å²) in [5.41, 5.74) is 12.0. The topological polar surface area (TPSA) is 205 Å². The molecule has 0 saturated carbocycles. The van der Waals surface area contributed by atoms with Crippen LogP contribution in [0.2, 0.25) is 0 Å². The van der Waals surface area contributed by atoms with Gasteiger partial charge in [-0.3, -0.25) is 19.2 Å². The molecule has 1 fully saturated rings. The van der Waals surface area contributed by atoms with E-state index in [-0.39, 0.29) is 12.8 Å². The van der Waals surface area contributed by atoms with Crippen molar-refractivity contribution in [2.75, 3.05) is 6.54 Å². The summed E-state index contributed by atoms with van der Waals surface area (Å²) in [6.07, 6.45) is -0.685. The number of rotatable bonds is 12. The van der Waals surface area contributed by atoms with Gasteiger partial charge in [-0.15, -0.1) is 0 Å². The standard InChI is InChI=1S/C23H33N5O7/c1-13(29)19(21(32)26-16(23(34)35)9-10-18(25)30)27-20(31)17-8-5-11-28(17)22(33)15(24)12-14-6-3-2-4-7-14/h2-4,6-7,13,15-17,19,29H,5,8-12,24H2,1H3,(H2,25,30)(H,26,32)(H,27,31)(H,34,35). The highest BCUT2D eigenvalue weighted by Gasteiger charge is 2.38. The van der Waals surface area contributed by atoms with Crippen LogP contribution in [0, 0.1) is 0 Å². The van der Waals surface area contributed by atoms with Crippen molar-refractivity contribution in [1.82, 2.24) is 15.5 Å². The molecular formula is C23H33N5O7. The van der Waals surface area contributed by atoms with Gasteiger partial charge in [0, 0.05) is 13.0 Å². The van der Waals surface area contributed by atoms with Gasteiger partial charge in [-0.2, -0.15) is 0 Å². The molecule has 1 aromatic rings. The lowest BCUT2D eigenvalue weighted by molar-refractivity contribution is -0.144. The van der Waals surface area contributed by atoms with Crippen molar-refractivity contribution in [2.45, 2.75) is 69.3 Å². The Morgan fingerprint density at radius 2 is 1.80 bits per heavy atom. The molecule has 5 atom stereocenters. The van der Waals surface area contributed by atoms with Crippen molar-refractivity contribution in [3.05, 3.63) is 35.9 Å². The number of carboxylic acid groups (broad SMARTS) is 1. The third-order valence-electron chi connectivity index (χ3n) is 5.81. The SMILES string of the molecule is CC(O)C(NC(=O)C1CCCN1C(=O)C(N)Cc1ccccc1)C(=O)NC(CCC(N)=O)C(=O)O. The summed E-state index contributed by atoms with van der Waals surface area (Å²) in [6.45, 7) is 1.58. The molecule has 1 heterocycles. The number of primary amides is 1. The van der Waals surface area contributed by atoms with E-state index >= 15 is 0 Å². The van der Waals surface area contributed by atoms with Crippen LogP contribution in [0.15, 0.2) is 30.3 Å². The maximum atomic E-state index is 13.0. The van der Waals surface area contributed by atoms with Crippen LogP contribution in [0.3, 0.4) is 0 Å². The number of hydrogen-bond donors (Lipinski definition) is 6. The highest BCUT2D eigenvalue weighted by molar-refractivity contribution is 5.94. The predicted octanol–water partition coefficient (Wildman–Crippen LogP) is -1.75. The molecule has 0 spiro atoms. The zero-order valence-electron chi connectivity index (χ0n) is 19.6. The van der Waals surface area contributed by atoms with Gasteiger partial charge in [0.05, 0.1) is 12.1 Å². The number of nitrogens with zero attached hydrogens (tertiary/aromatic N) is 1. The Hall–Kier alpha value is -3.51. The lowest BCUT2D eigenvalue weighted by atomic mass is 10.0. The maximum Gasteiger partial charge on any atom is 0.326 e. The summed E-state index contributed by atoms with van der Waals surface area (Å²) in [5.74, 6) is -4.13. The molecular weight excluding hydrogens is 458 g/mol. The molecule has 12 nitrogen and oxygen atoms in total. The second-order valence-corrected chi connectivity index (χ2v) is 8.62. The number of aliphatic hydroxyl groups is 1. The highest BCUT2D eigenvalue weighted by atomic mass is 16.4. The minimum atomic E-state index is -1.48. The Kier molecular flexibility index (Phi) is 10.2. The van der Waals surface area contributed by atoms with E-state index in [0.29, 0.717) is 25.8 Å². The van der Waals surface area contributed by atoms with Gasteiger partial charge in [-0.1, -0.05) is 30.3 Å². The van der Waals surface area contributed by atoms with E-state index in [1.54, 1.807) is 0 Å². The number of nitrogens with two attached hydrogens (primary N) is 2. The molecule has 12 heteroatoms. The summed E-state index contributed by atoms with van der Waals surface area (Å²) in [4.78, 5) is 62.3. The Labute approximate surface area is 203 Å². The van der Waals surface area contributed by atoms with E-state index in [2.05, 4.69) is 10.6 Å². The van der Waals surface area contributed by atoms with Crippen LogP contribution >= 0.6 is 0 Å². The number of carboxylic acids is 1. The van der Waals surface area contributed by atoms with Crippen LogP contribution in [0.25, 0.3) is 0 Å². The van der Waals surface area contributed by atoms with Crippen molar-refractivity contribution in [3.8, 4) is 0 Å². The Morgan fingerprint density at radius 3 is 2.37 bits per heavy atom. The number of aliphatic carboxylic acids is 1. The fourth-order valence-corrected chi connectivity index (χ4v) is 3.93. The van der Waals surface area contributed by atoms with E-state index in [9.17, 15) is 34.2 Å². The Bertz CT molecular complexity index is 924. The average molecular weight is 492 g/mol. The fraction of sp³-hybridized carbons (Fsp3) is 0.522. The van der Waals surface area contributed by atoms with Gasteiger partial charge in [-0.25, -0.2) is 4.79 Å². The number of amides is 4. The van der Waals surface area contributed by atoms with Gasteiger partial charge in [0.1, 0.15) is 18.1 Å². The number of carbonyl (C=O) groups excluding carboxylic acids is 4. The molecule has 0 bridgehead atoms. The highest BCUT2D eigenvalue weighted by Crippen LogP contribution is 2.19. The monoisotopic (exact) mass is 491 g/mol. The first-order valence-corrected chi connectivity index (χ1v) is 11.4. The molecule has 192 valence electrons. The van der Waals surface area contributed by atoms with E-state index in [1.807, 2.05) is 30.3 Å². The lowest BCUT2D eigenvalue weighted by Gasteiger charge is -2.29. The van der Waals surface area contributed by atoms with E-state index in [0.717, 1.165) is 5.56 Å². The number of nitrogens with one attached hydrogen (secondary N) is 2. The smallest absolute Gasteiger partial charge is 0.326 e. The largest absolute Gasteiger partial charge is 0.480 e. The molecule has 1 saturated heterocycles. The molecule has 0 aromatic heterocycles. The molecule has 0 aliphatic carbocycles. The summed E-state index contributed by atoms with van der Waals surface area (Å²) in [6, 6.07) is 4.56. The minimum Gasteiger partial charge on any atom is -0.480 e. The molecule has 35 heavy (non-hydrogen) atoms. The van der Waals surface area contributed by atoms with Crippen LogP contribution in [0.5, 0.6) is 0 Å².